The van der Waals surface area contributed by atoms with Gasteiger partial charge in [0.15, 0.2) is 0 Å². The van der Waals surface area contributed by atoms with E-state index >= 15 is 0 Å². The minimum atomic E-state index is -0.587. The highest BCUT2D eigenvalue weighted by Gasteiger charge is 2.40. The Morgan fingerprint density at radius 1 is 1.14 bits per heavy atom. The number of halogens is 2. The van der Waals surface area contributed by atoms with Crippen molar-refractivity contribution in [2.45, 2.75) is 0 Å². The van der Waals surface area contributed by atoms with Gasteiger partial charge in [-0.1, -0.05) is 29.3 Å². The van der Waals surface area contributed by atoms with Gasteiger partial charge in [-0.05, 0) is 29.6 Å². The number of carbonyl (C=O) groups excluding carboxylic acids is 2. The molecule has 0 bridgehead atoms. The molecule has 4 nitrogen and oxygen atoms in total. The Morgan fingerprint density at radius 2 is 1.91 bits per heavy atom. The first-order chi connectivity index (χ1) is 10.5. The van der Waals surface area contributed by atoms with Crippen LogP contribution in [0.25, 0.3) is 5.57 Å². The number of nitrogens with zero attached hydrogens (tertiary/aromatic N) is 1. The minimum absolute atomic E-state index is 0.102. The molecule has 1 aromatic heterocycles. The van der Waals surface area contributed by atoms with E-state index in [2.05, 4.69) is 0 Å². The zero-order valence-corrected chi connectivity index (χ0v) is 13.6. The van der Waals surface area contributed by atoms with Gasteiger partial charge in [0.1, 0.15) is 10.8 Å². The number of amides is 2. The van der Waals surface area contributed by atoms with E-state index < -0.39 is 11.8 Å². The van der Waals surface area contributed by atoms with E-state index in [0.717, 1.165) is 4.90 Å². The van der Waals surface area contributed by atoms with Crippen LogP contribution in [0.1, 0.15) is 4.88 Å². The molecule has 0 spiro atoms. The van der Waals surface area contributed by atoms with Crippen molar-refractivity contribution in [1.29, 1.82) is 0 Å². The first-order valence-electron chi connectivity index (χ1n) is 6.20. The summed E-state index contributed by atoms with van der Waals surface area (Å²) in [6.07, 6.45) is 0. The molecule has 0 aliphatic carbocycles. The van der Waals surface area contributed by atoms with Gasteiger partial charge in [0.05, 0.1) is 18.4 Å². The third-order valence-electron chi connectivity index (χ3n) is 3.18. The lowest BCUT2D eigenvalue weighted by atomic mass is 10.2. The van der Waals surface area contributed by atoms with Crippen molar-refractivity contribution in [3.63, 3.8) is 0 Å². The van der Waals surface area contributed by atoms with Gasteiger partial charge in [-0.2, -0.15) is 0 Å². The van der Waals surface area contributed by atoms with Crippen molar-refractivity contribution in [1.82, 2.24) is 0 Å². The van der Waals surface area contributed by atoms with Crippen molar-refractivity contribution in [3.8, 4) is 5.75 Å². The van der Waals surface area contributed by atoms with Crippen LogP contribution in [0.5, 0.6) is 5.75 Å². The van der Waals surface area contributed by atoms with Crippen molar-refractivity contribution >= 4 is 57.6 Å². The van der Waals surface area contributed by atoms with Crippen molar-refractivity contribution < 1.29 is 14.3 Å². The number of benzene rings is 1. The van der Waals surface area contributed by atoms with Gasteiger partial charge in [0.2, 0.25) is 0 Å². The lowest BCUT2D eigenvalue weighted by Gasteiger charge is -2.18. The summed E-state index contributed by atoms with van der Waals surface area (Å²) in [6, 6.07) is 8.24. The van der Waals surface area contributed by atoms with E-state index in [1.807, 2.05) is 5.38 Å². The van der Waals surface area contributed by atoms with Gasteiger partial charge >= 0.3 is 0 Å². The number of anilines is 1. The van der Waals surface area contributed by atoms with Crippen LogP contribution in [0.15, 0.2) is 40.7 Å². The van der Waals surface area contributed by atoms with E-state index in [9.17, 15) is 9.59 Å². The van der Waals surface area contributed by atoms with Crippen LogP contribution >= 0.6 is 34.5 Å². The maximum absolute atomic E-state index is 12.7. The van der Waals surface area contributed by atoms with Gasteiger partial charge in [-0.3, -0.25) is 9.59 Å². The molecule has 7 heteroatoms. The monoisotopic (exact) mass is 353 g/mol. The van der Waals surface area contributed by atoms with E-state index in [0.29, 0.717) is 15.6 Å². The van der Waals surface area contributed by atoms with E-state index in [-0.39, 0.29) is 16.3 Å². The van der Waals surface area contributed by atoms with Gasteiger partial charge in [-0.25, -0.2) is 4.90 Å². The van der Waals surface area contributed by atoms with Gasteiger partial charge in [0.25, 0.3) is 11.8 Å². The maximum Gasteiger partial charge on any atom is 0.277 e. The Balaban J connectivity index is 2.11. The third kappa shape index (κ3) is 2.31. The van der Waals surface area contributed by atoms with Crippen LogP contribution in [0, 0.1) is 0 Å². The number of methoxy groups -OCH3 is 1. The molecule has 0 N–H and O–H groups in total. The van der Waals surface area contributed by atoms with Crippen LogP contribution in [-0.2, 0) is 9.59 Å². The van der Waals surface area contributed by atoms with Crippen molar-refractivity contribution in [2.24, 2.45) is 0 Å². The maximum atomic E-state index is 12.7. The molecule has 2 aromatic rings. The molecule has 2 amide bonds. The number of rotatable bonds is 3. The summed E-state index contributed by atoms with van der Waals surface area (Å²) in [5.41, 5.74) is 0.471. The second-order valence-corrected chi connectivity index (χ2v) is 6.19. The number of hydrogen-bond donors (Lipinski definition) is 0. The Hall–Kier alpha value is -1.82. The molecular formula is C15H9Cl2NO3S. The van der Waals surface area contributed by atoms with E-state index in [1.54, 1.807) is 24.3 Å². The fourth-order valence-corrected chi connectivity index (χ4v) is 3.45. The molecule has 0 fully saturated rings. The summed E-state index contributed by atoms with van der Waals surface area (Å²) in [7, 11) is 1.45. The van der Waals surface area contributed by atoms with Crippen LogP contribution in [0.3, 0.4) is 0 Å². The number of ether oxygens (including phenoxy) is 1. The van der Waals surface area contributed by atoms with Crippen molar-refractivity contribution in [3.05, 3.63) is 50.6 Å². The molecular weight excluding hydrogens is 345 g/mol. The lowest BCUT2D eigenvalue weighted by molar-refractivity contribution is -0.119. The quantitative estimate of drug-likeness (QED) is 0.785. The number of carbonyl (C=O) groups is 2. The summed E-state index contributed by atoms with van der Waals surface area (Å²) in [6.45, 7) is 0. The summed E-state index contributed by atoms with van der Waals surface area (Å²) in [5, 5.41) is 2.10. The molecule has 0 atom stereocenters. The highest BCUT2D eigenvalue weighted by atomic mass is 35.5. The highest BCUT2D eigenvalue weighted by molar-refractivity contribution is 7.11. The normalized spacial score (nSPS) is 15.0. The zero-order chi connectivity index (χ0) is 15.9. The number of thiophene rings is 1. The molecule has 0 saturated heterocycles. The second kappa shape index (κ2) is 5.76. The molecule has 0 saturated carbocycles. The third-order valence-corrected chi connectivity index (χ3v) is 4.65. The Labute approximate surface area is 140 Å². The molecule has 1 aliphatic heterocycles. The smallest absolute Gasteiger partial charge is 0.277 e. The largest absolute Gasteiger partial charge is 0.495 e. The van der Waals surface area contributed by atoms with Crippen LogP contribution in [-0.4, -0.2) is 18.9 Å². The molecule has 0 unspecified atom stereocenters. The van der Waals surface area contributed by atoms with Crippen LogP contribution < -0.4 is 9.64 Å². The summed E-state index contributed by atoms with van der Waals surface area (Å²) < 4.78 is 5.21. The van der Waals surface area contributed by atoms with Crippen LogP contribution in [0.4, 0.5) is 5.69 Å². The minimum Gasteiger partial charge on any atom is -0.495 e. The number of imide groups is 1. The predicted molar refractivity (Wildman–Crippen MR) is 87.6 cm³/mol. The Bertz CT molecular complexity index is 799. The molecule has 112 valence electrons. The molecule has 3 rings (SSSR count). The second-order valence-electron chi connectivity index (χ2n) is 4.43. The SMILES string of the molecule is COc1ccc(Cl)cc1N1C(=O)C(Cl)=C(c2cccs2)C1=O. The van der Waals surface area contributed by atoms with Gasteiger partial charge < -0.3 is 4.74 Å². The first kappa shape index (κ1) is 15.1. The fraction of sp³-hybridized carbons (Fsp3) is 0.0667. The average Bonchev–Trinajstić information content (AvgIpc) is 3.08. The molecule has 22 heavy (non-hydrogen) atoms. The summed E-state index contributed by atoms with van der Waals surface area (Å²) in [4.78, 5) is 26.7. The summed E-state index contributed by atoms with van der Waals surface area (Å²) >= 11 is 13.4. The molecule has 1 aromatic carbocycles. The van der Waals surface area contributed by atoms with E-state index in [4.69, 9.17) is 27.9 Å². The van der Waals surface area contributed by atoms with Crippen LogP contribution in [0.2, 0.25) is 5.02 Å². The Morgan fingerprint density at radius 3 is 2.55 bits per heavy atom. The van der Waals surface area contributed by atoms with E-state index in [1.165, 1.54) is 24.5 Å². The topological polar surface area (TPSA) is 46.6 Å². The zero-order valence-electron chi connectivity index (χ0n) is 11.3. The lowest BCUT2D eigenvalue weighted by Crippen LogP contribution is -2.31. The van der Waals surface area contributed by atoms with Crippen molar-refractivity contribution in [2.75, 3.05) is 12.0 Å². The Kier molecular flexibility index (Phi) is 3.95. The number of hydrogen-bond acceptors (Lipinski definition) is 4. The molecule has 1 aliphatic rings. The average molecular weight is 354 g/mol. The van der Waals surface area contributed by atoms with Gasteiger partial charge in [-0.15, -0.1) is 11.3 Å². The molecule has 2 heterocycles. The van der Waals surface area contributed by atoms with Gasteiger partial charge in [0, 0.05) is 9.90 Å². The fourth-order valence-electron chi connectivity index (χ4n) is 2.19. The highest BCUT2D eigenvalue weighted by Crippen LogP contribution is 2.40. The first-order valence-corrected chi connectivity index (χ1v) is 7.84. The predicted octanol–water partition coefficient (Wildman–Crippen LogP) is 3.93. The summed E-state index contributed by atoms with van der Waals surface area (Å²) in [5.74, 6) is -0.711. The molecule has 0 radical (unpaired) electrons. The standard InChI is InChI=1S/C15H9Cl2NO3S/c1-21-10-5-4-8(16)7-9(10)18-14(19)12(13(17)15(18)20)11-3-2-6-22-11/h2-7H,1H3.